The Morgan fingerprint density at radius 2 is 1.81 bits per heavy atom. The molecular formula is C20H19F3N2O6. The Morgan fingerprint density at radius 1 is 1.13 bits per heavy atom. The Morgan fingerprint density at radius 3 is 2.39 bits per heavy atom. The summed E-state index contributed by atoms with van der Waals surface area (Å²) in [6.07, 6.45) is -4.72. The molecule has 2 rings (SSSR count). The number of nitro benzene ring substituents is 1. The maximum absolute atomic E-state index is 13.0. The Hall–Kier alpha value is -3.63. The summed E-state index contributed by atoms with van der Waals surface area (Å²) in [4.78, 5) is 34.8. The van der Waals surface area contributed by atoms with Gasteiger partial charge in [-0.05, 0) is 25.1 Å². The number of amides is 1. The first-order valence-corrected chi connectivity index (χ1v) is 8.90. The van der Waals surface area contributed by atoms with Gasteiger partial charge in [0, 0.05) is 17.2 Å². The molecule has 31 heavy (non-hydrogen) atoms. The molecule has 0 aliphatic carbocycles. The van der Waals surface area contributed by atoms with Crippen LogP contribution in [0, 0.1) is 10.1 Å². The van der Waals surface area contributed by atoms with Crippen LogP contribution in [0.25, 0.3) is 0 Å². The number of alkyl halides is 3. The summed E-state index contributed by atoms with van der Waals surface area (Å²) in [5.41, 5.74) is -0.121. The molecule has 0 unspecified atom stereocenters. The monoisotopic (exact) mass is 440 g/mol. The number of ether oxygens (including phenoxy) is 2. The summed E-state index contributed by atoms with van der Waals surface area (Å²) in [5.74, 6) is -1.09. The van der Waals surface area contributed by atoms with Crippen LogP contribution < -0.4 is 9.47 Å². The van der Waals surface area contributed by atoms with Crippen LogP contribution in [0.5, 0.6) is 11.5 Å². The van der Waals surface area contributed by atoms with Crippen molar-refractivity contribution in [3.05, 3.63) is 63.7 Å². The number of methoxy groups -OCH3 is 1. The SMILES string of the molecule is COc1cc(C(C)=O)ccc1OCC(=O)N(Cc1ccccc1[N+](=O)[O-])CC(F)(F)F. The van der Waals surface area contributed by atoms with Crippen LogP contribution in [-0.4, -0.2) is 48.0 Å². The summed E-state index contributed by atoms with van der Waals surface area (Å²) in [6.45, 7) is -1.66. The van der Waals surface area contributed by atoms with Crippen LogP contribution in [0.3, 0.4) is 0 Å². The number of nitrogens with zero attached hydrogens (tertiary/aromatic N) is 2. The second-order valence-corrected chi connectivity index (χ2v) is 6.46. The number of ketones is 1. The second-order valence-electron chi connectivity index (χ2n) is 6.46. The van der Waals surface area contributed by atoms with E-state index in [0.29, 0.717) is 10.5 Å². The molecule has 11 heteroatoms. The van der Waals surface area contributed by atoms with Gasteiger partial charge >= 0.3 is 6.18 Å². The average Bonchev–Trinajstić information content (AvgIpc) is 2.70. The molecule has 0 radical (unpaired) electrons. The van der Waals surface area contributed by atoms with E-state index >= 15 is 0 Å². The van der Waals surface area contributed by atoms with Crippen molar-refractivity contribution in [2.45, 2.75) is 19.6 Å². The van der Waals surface area contributed by atoms with Crippen LogP contribution in [0.4, 0.5) is 18.9 Å². The van der Waals surface area contributed by atoms with E-state index in [9.17, 15) is 32.9 Å². The van der Waals surface area contributed by atoms with E-state index in [1.165, 1.54) is 50.4 Å². The highest BCUT2D eigenvalue weighted by atomic mass is 19.4. The lowest BCUT2D eigenvalue weighted by Crippen LogP contribution is -2.41. The lowest BCUT2D eigenvalue weighted by molar-refractivity contribution is -0.385. The Balaban J connectivity index is 2.21. The molecule has 1 amide bonds. The largest absolute Gasteiger partial charge is 0.493 e. The van der Waals surface area contributed by atoms with Gasteiger partial charge in [0.15, 0.2) is 23.9 Å². The van der Waals surface area contributed by atoms with Gasteiger partial charge in [0.1, 0.15) is 6.54 Å². The molecule has 0 aliphatic rings. The Kier molecular flexibility index (Phi) is 7.56. The third kappa shape index (κ3) is 6.69. The second kappa shape index (κ2) is 9.92. The number of rotatable bonds is 9. The molecule has 0 aromatic heterocycles. The fourth-order valence-corrected chi connectivity index (χ4v) is 2.71. The molecule has 166 valence electrons. The summed E-state index contributed by atoms with van der Waals surface area (Å²) in [5, 5.41) is 11.1. The van der Waals surface area contributed by atoms with E-state index in [-0.39, 0.29) is 22.8 Å². The third-order valence-corrected chi connectivity index (χ3v) is 4.19. The normalized spacial score (nSPS) is 11.0. The average molecular weight is 440 g/mol. The lowest BCUT2D eigenvalue weighted by Gasteiger charge is -2.24. The first-order chi connectivity index (χ1) is 14.5. The molecule has 2 aromatic carbocycles. The fraction of sp³-hybridized carbons (Fsp3) is 0.300. The van der Waals surface area contributed by atoms with Crippen LogP contribution >= 0.6 is 0 Å². The number of para-hydroxylation sites is 1. The van der Waals surface area contributed by atoms with Gasteiger partial charge < -0.3 is 14.4 Å². The zero-order chi connectivity index (χ0) is 23.2. The van der Waals surface area contributed by atoms with Crippen molar-refractivity contribution < 1.29 is 37.2 Å². The maximum Gasteiger partial charge on any atom is 0.406 e. The number of carbonyl (C=O) groups is 2. The van der Waals surface area contributed by atoms with Crippen molar-refractivity contribution in [1.82, 2.24) is 4.90 Å². The van der Waals surface area contributed by atoms with Gasteiger partial charge in [-0.15, -0.1) is 0 Å². The summed E-state index contributed by atoms with van der Waals surface area (Å²) in [6, 6.07) is 9.38. The van der Waals surface area contributed by atoms with Crippen molar-refractivity contribution >= 4 is 17.4 Å². The third-order valence-electron chi connectivity index (χ3n) is 4.19. The Labute approximate surface area is 175 Å². The van der Waals surface area contributed by atoms with E-state index in [0.717, 1.165) is 6.07 Å². The highest BCUT2D eigenvalue weighted by molar-refractivity contribution is 5.94. The van der Waals surface area contributed by atoms with Crippen molar-refractivity contribution in [3.63, 3.8) is 0 Å². The Bertz CT molecular complexity index is 978. The first kappa shape index (κ1) is 23.6. The van der Waals surface area contributed by atoms with Crippen LogP contribution in [-0.2, 0) is 11.3 Å². The van der Waals surface area contributed by atoms with E-state index in [1.54, 1.807) is 0 Å². The standard InChI is InChI=1S/C20H19F3N2O6/c1-13(26)14-7-8-17(18(9-14)30-2)31-11-19(27)24(12-20(21,22)23)10-15-5-3-4-6-16(15)25(28)29/h3-9H,10-12H2,1-2H3. The molecule has 0 N–H and O–H groups in total. The van der Waals surface area contributed by atoms with Crippen LogP contribution in [0.1, 0.15) is 22.8 Å². The van der Waals surface area contributed by atoms with Crippen LogP contribution in [0.15, 0.2) is 42.5 Å². The zero-order valence-corrected chi connectivity index (χ0v) is 16.6. The predicted molar refractivity (Wildman–Crippen MR) is 103 cm³/mol. The number of hydrogen-bond acceptors (Lipinski definition) is 6. The first-order valence-electron chi connectivity index (χ1n) is 8.90. The smallest absolute Gasteiger partial charge is 0.406 e. The van der Waals surface area contributed by atoms with Gasteiger partial charge in [-0.25, -0.2) is 0 Å². The van der Waals surface area contributed by atoms with E-state index in [2.05, 4.69) is 0 Å². The highest BCUT2D eigenvalue weighted by Gasteiger charge is 2.34. The zero-order valence-electron chi connectivity index (χ0n) is 16.6. The van der Waals surface area contributed by atoms with Gasteiger partial charge in [-0.3, -0.25) is 19.7 Å². The minimum absolute atomic E-state index is 0.0477. The molecule has 0 bridgehead atoms. The summed E-state index contributed by atoms with van der Waals surface area (Å²) in [7, 11) is 1.30. The minimum atomic E-state index is -4.72. The van der Waals surface area contributed by atoms with E-state index in [4.69, 9.17) is 9.47 Å². The topological polar surface area (TPSA) is 99.0 Å². The van der Waals surface area contributed by atoms with Gasteiger partial charge in [-0.1, -0.05) is 18.2 Å². The lowest BCUT2D eigenvalue weighted by atomic mass is 10.1. The number of halogens is 3. The van der Waals surface area contributed by atoms with Crippen molar-refractivity contribution in [3.8, 4) is 11.5 Å². The van der Waals surface area contributed by atoms with Gasteiger partial charge in [-0.2, -0.15) is 13.2 Å². The van der Waals surface area contributed by atoms with Crippen molar-refractivity contribution in [1.29, 1.82) is 0 Å². The van der Waals surface area contributed by atoms with E-state index < -0.39 is 42.4 Å². The molecule has 0 heterocycles. The fourth-order valence-electron chi connectivity index (χ4n) is 2.71. The minimum Gasteiger partial charge on any atom is -0.493 e. The van der Waals surface area contributed by atoms with Crippen molar-refractivity contribution in [2.24, 2.45) is 0 Å². The molecule has 0 atom stereocenters. The van der Waals surface area contributed by atoms with E-state index in [1.807, 2.05) is 0 Å². The summed E-state index contributed by atoms with van der Waals surface area (Å²) >= 11 is 0. The molecule has 8 nitrogen and oxygen atoms in total. The number of Topliss-reactive ketones (excluding diaryl/α,β-unsaturated/α-hetero) is 1. The molecule has 2 aromatic rings. The molecule has 0 saturated carbocycles. The van der Waals surface area contributed by atoms with Gasteiger partial charge in [0.25, 0.3) is 11.6 Å². The number of nitro groups is 1. The predicted octanol–water partition coefficient (Wildman–Crippen LogP) is 3.78. The number of hydrogen-bond donors (Lipinski definition) is 0. The van der Waals surface area contributed by atoms with Gasteiger partial charge in [0.2, 0.25) is 0 Å². The molecule has 0 fully saturated rings. The highest BCUT2D eigenvalue weighted by Crippen LogP contribution is 2.29. The quantitative estimate of drug-likeness (QED) is 0.334. The van der Waals surface area contributed by atoms with Crippen molar-refractivity contribution in [2.75, 3.05) is 20.3 Å². The molecule has 0 saturated heterocycles. The van der Waals surface area contributed by atoms with Crippen LogP contribution in [0.2, 0.25) is 0 Å². The molecule has 0 spiro atoms. The number of benzene rings is 2. The molecular weight excluding hydrogens is 421 g/mol. The van der Waals surface area contributed by atoms with Gasteiger partial charge in [0.05, 0.1) is 18.6 Å². The molecule has 0 aliphatic heterocycles. The summed E-state index contributed by atoms with van der Waals surface area (Å²) < 4.78 is 49.4. The number of carbonyl (C=O) groups excluding carboxylic acids is 2. The maximum atomic E-state index is 13.0.